The van der Waals surface area contributed by atoms with Crippen molar-refractivity contribution in [3.8, 4) is 0 Å². The van der Waals surface area contributed by atoms with Gasteiger partial charge in [0.1, 0.15) is 0 Å². The van der Waals surface area contributed by atoms with E-state index in [9.17, 15) is 4.79 Å². The molecule has 0 radical (unpaired) electrons. The van der Waals surface area contributed by atoms with Gasteiger partial charge in [-0.1, -0.05) is 13.8 Å². The topological polar surface area (TPSA) is 32.3 Å². The molecule has 0 saturated carbocycles. The standard InChI is InChI=1S/C11H22N2O/c1-9(2)12-8-11-4-6-13(7-5-11)10(3)14/h9,11-12H,4-8H2,1-3H3. The number of hydrogen-bond donors (Lipinski definition) is 1. The van der Waals surface area contributed by atoms with E-state index >= 15 is 0 Å². The molecule has 14 heavy (non-hydrogen) atoms. The molecule has 1 rings (SSSR count). The van der Waals surface area contributed by atoms with Gasteiger partial charge in [-0.25, -0.2) is 0 Å². The molecule has 3 nitrogen and oxygen atoms in total. The number of nitrogens with one attached hydrogen (secondary N) is 1. The first-order valence-corrected chi connectivity index (χ1v) is 5.58. The van der Waals surface area contributed by atoms with E-state index in [-0.39, 0.29) is 5.91 Å². The second kappa shape index (κ2) is 5.35. The first-order valence-electron chi connectivity index (χ1n) is 5.58. The molecule has 0 bridgehead atoms. The average molecular weight is 198 g/mol. The Morgan fingerprint density at radius 2 is 2.00 bits per heavy atom. The number of rotatable bonds is 3. The van der Waals surface area contributed by atoms with Crippen molar-refractivity contribution in [3.05, 3.63) is 0 Å². The Bertz CT molecular complexity index is 184. The highest BCUT2D eigenvalue weighted by atomic mass is 16.2. The number of hydrogen-bond acceptors (Lipinski definition) is 2. The van der Waals surface area contributed by atoms with E-state index < -0.39 is 0 Å². The van der Waals surface area contributed by atoms with Gasteiger partial charge >= 0.3 is 0 Å². The molecular weight excluding hydrogens is 176 g/mol. The summed E-state index contributed by atoms with van der Waals surface area (Å²) in [5.74, 6) is 0.980. The van der Waals surface area contributed by atoms with Gasteiger partial charge in [0.15, 0.2) is 0 Å². The number of nitrogens with zero attached hydrogens (tertiary/aromatic N) is 1. The van der Waals surface area contributed by atoms with E-state index in [0.29, 0.717) is 6.04 Å². The first-order chi connectivity index (χ1) is 6.59. The van der Waals surface area contributed by atoms with Crippen LogP contribution in [0.3, 0.4) is 0 Å². The second-order valence-electron chi connectivity index (χ2n) is 4.51. The fraction of sp³-hybridized carbons (Fsp3) is 0.909. The molecule has 1 heterocycles. The lowest BCUT2D eigenvalue weighted by Gasteiger charge is -2.31. The Morgan fingerprint density at radius 3 is 2.43 bits per heavy atom. The van der Waals surface area contributed by atoms with Gasteiger partial charge in [0, 0.05) is 26.1 Å². The van der Waals surface area contributed by atoms with Gasteiger partial charge in [-0.05, 0) is 25.3 Å². The van der Waals surface area contributed by atoms with Gasteiger partial charge in [0.2, 0.25) is 5.91 Å². The van der Waals surface area contributed by atoms with Crippen molar-refractivity contribution in [2.24, 2.45) is 5.92 Å². The first kappa shape index (κ1) is 11.5. The summed E-state index contributed by atoms with van der Waals surface area (Å²) in [4.78, 5) is 13.0. The summed E-state index contributed by atoms with van der Waals surface area (Å²) in [5.41, 5.74) is 0. The molecule has 0 aliphatic carbocycles. The summed E-state index contributed by atoms with van der Waals surface area (Å²) < 4.78 is 0. The molecule has 0 atom stereocenters. The van der Waals surface area contributed by atoms with Crippen LogP contribution >= 0.6 is 0 Å². The summed E-state index contributed by atoms with van der Waals surface area (Å²) in [5, 5.41) is 3.46. The third kappa shape index (κ3) is 3.66. The minimum Gasteiger partial charge on any atom is -0.343 e. The highest BCUT2D eigenvalue weighted by Crippen LogP contribution is 2.16. The fourth-order valence-electron chi connectivity index (χ4n) is 1.85. The minimum atomic E-state index is 0.222. The molecule has 82 valence electrons. The molecule has 1 amide bonds. The number of likely N-dealkylation sites (tertiary alicyclic amines) is 1. The van der Waals surface area contributed by atoms with E-state index in [4.69, 9.17) is 0 Å². The fourth-order valence-corrected chi connectivity index (χ4v) is 1.85. The summed E-state index contributed by atoms with van der Waals surface area (Å²) in [6.45, 7) is 8.99. The predicted octanol–water partition coefficient (Wildman–Crippen LogP) is 1.24. The SMILES string of the molecule is CC(=O)N1CCC(CNC(C)C)CC1. The molecule has 3 heteroatoms. The van der Waals surface area contributed by atoms with E-state index in [0.717, 1.165) is 38.4 Å². The molecule has 1 saturated heterocycles. The second-order valence-corrected chi connectivity index (χ2v) is 4.51. The largest absolute Gasteiger partial charge is 0.343 e. The van der Waals surface area contributed by atoms with Crippen LogP contribution in [0.5, 0.6) is 0 Å². The van der Waals surface area contributed by atoms with Gasteiger partial charge in [-0.2, -0.15) is 0 Å². The Hall–Kier alpha value is -0.570. The summed E-state index contributed by atoms with van der Waals surface area (Å²) >= 11 is 0. The molecule has 0 aromatic rings. The molecule has 1 fully saturated rings. The van der Waals surface area contributed by atoms with Gasteiger partial charge in [0.05, 0.1) is 0 Å². The van der Waals surface area contributed by atoms with Crippen LogP contribution in [-0.4, -0.2) is 36.5 Å². The Balaban J connectivity index is 2.19. The zero-order valence-electron chi connectivity index (χ0n) is 9.55. The number of carbonyl (C=O) groups excluding carboxylic acids is 1. The lowest BCUT2D eigenvalue weighted by Crippen LogP contribution is -2.40. The van der Waals surface area contributed by atoms with Crippen LogP contribution in [0, 0.1) is 5.92 Å². The highest BCUT2D eigenvalue weighted by Gasteiger charge is 2.20. The van der Waals surface area contributed by atoms with Crippen molar-refractivity contribution in [1.29, 1.82) is 0 Å². The van der Waals surface area contributed by atoms with Crippen molar-refractivity contribution in [3.63, 3.8) is 0 Å². The summed E-state index contributed by atoms with van der Waals surface area (Å²) in [6, 6.07) is 0.570. The van der Waals surface area contributed by atoms with Crippen molar-refractivity contribution >= 4 is 5.91 Å². The van der Waals surface area contributed by atoms with Crippen molar-refractivity contribution in [1.82, 2.24) is 10.2 Å². The van der Waals surface area contributed by atoms with E-state index in [1.54, 1.807) is 6.92 Å². The van der Waals surface area contributed by atoms with Gasteiger partial charge < -0.3 is 10.2 Å². The maximum atomic E-state index is 11.1. The Labute approximate surface area is 86.9 Å². The molecule has 0 aromatic carbocycles. The third-order valence-electron chi connectivity index (χ3n) is 2.87. The maximum absolute atomic E-state index is 11.1. The Morgan fingerprint density at radius 1 is 1.43 bits per heavy atom. The molecule has 0 spiro atoms. The minimum absolute atomic E-state index is 0.222. The lowest BCUT2D eigenvalue weighted by atomic mass is 9.96. The van der Waals surface area contributed by atoms with E-state index in [1.165, 1.54) is 0 Å². The zero-order chi connectivity index (χ0) is 10.6. The van der Waals surface area contributed by atoms with Crippen LogP contribution in [0.2, 0.25) is 0 Å². The molecule has 1 aliphatic rings. The Kier molecular flexibility index (Phi) is 4.39. The normalized spacial score (nSPS) is 19.0. The predicted molar refractivity (Wildman–Crippen MR) is 58.1 cm³/mol. The number of carbonyl (C=O) groups is 1. The lowest BCUT2D eigenvalue weighted by molar-refractivity contribution is -0.130. The van der Waals surface area contributed by atoms with Crippen LogP contribution < -0.4 is 5.32 Å². The maximum Gasteiger partial charge on any atom is 0.219 e. The monoisotopic (exact) mass is 198 g/mol. The summed E-state index contributed by atoms with van der Waals surface area (Å²) in [6.07, 6.45) is 2.30. The van der Waals surface area contributed by atoms with Crippen molar-refractivity contribution in [2.45, 2.75) is 39.7 Å². The van der Waals surface area contributed by atoms with Crippen LogP contribution in [0.1, 0.15) is 33.6 Å². The molecule has 1 aliphatic heterocycles. The van der Waals surface area contributed by atoms with Crippen molar-refractivity contribution in [2.75, 3.05) is 19.6 Å². The van der Waals surface area contributed by atoms with Gasteiger partial charge in [-0.3, -0.25) is 4.79 Å². The van der Waals surface area contributed by atoms with Crippen molar-refractivity contribution < 1.29 is 4.79 Å². The third-order valence-corrected chi connectivity index (χ3v) is 2.87. The molecular formula is C11H22N2O. The van der Waals surface area contributed by atoms with E-state index in [2.05, 4.69) is 19.2 Å². The molecule has 0 unspecified atom stereocenters. The van der Waals surface area contributed by atoms with E-state index in [1.807, 2.05) is 4.90 Å². The highest BCUT2D eigenvalue weighted by molar-refractivity contribution is 5.73. The number of piperidine rings is 1. The average Bonchev–Trinajstić information content (AvgIpc) is 2.15. The zero-order valence-corrected chi connectivity index (χ0v) is 9.55. The van der Waals surface area contributed by atoms with Crippen LogP contribution in [0.4, 0.5) is 0 Å². The van der Waals surface area contributed by atoms with Gasteiger partial charge in [0.25, 0.3) is 0 Å². The van der Waals surface area contributed by atoms with Crippen LogP contribution in [0.25, 0.3) is 0 Å². The number of amides is 1. The van der Waals surface area contributed by atoms with Crippen LogP contribution in [0.15, 0.2) is 0 Å². The summed E-state index contributed by atoms with van der Waals surface area (Å²) in [7, 11) is 0. The quantitative estimate of drug-likeness (QED) is 0.740. The molecule has 1 N–H and O–H groups in total. The smallest absolute Gasteiger partial charge is 0.219 e. The van der Waals surface area contributed by atoms with Crippen LogP contribution in [-0.2, 0) is 4.79 Å². The molecule has 0 aromatic heterocycles. The van der Waals surface area contributed by atoms with Gasteiger partial charge in [-0.15, -0.1) is 0 Å².